The SMILES string of the molecule is COCC(CCCN)NC1CCCC1CO. The van der Waals surface area contributed by atoms with Crippen molar-refractivity contribution >= 4 is 0 Å². The molecule has 4 N–H and O–H groups in total. The molecule has 0 radical (unpaired) electrons. The van der Waals surface area contributed by atoms with Crippen LogP contribution in [0.3, 0.4) is 0 Å². The van der Waals surface area contributed by atoms with Crippen molar-refractivity contribution in [2.24, 2.45) is 11.7 Å². The molecular weight excluding hydrogens is 204 g/mol. The molecule has 0 spiro atoms. The Kier molecular flexibility index (Phi) is 6.96. The number of aliphatic hydroxyl groups is 1. The molecule has 1 saturated carbocycles. The summed E-state index contributed by atoms with van der Waals surface area (Å²) in [5.74, 6) is 0.428. The van der Waals surface area contributed by atoms with Crippen LogP contribution in [0.2, 0.25) is 0 Å². The van der Waals surface area contributed by atoms with Gasteiger partial charge in [0.05, 0.1) is 6.61 Å². The molecule has 4 heteroatoms. The third-order valence-corrected chi connectivity index (χ3v) is 3.47. The van der Waals surface area contributed by atoms with Gasteiger partial charge in [0, 0.05) is 25.8 Å². The number of hydrogen-bond acceptors (Lipinski definition) is 4. The molecule has 96 valence electrons. The molecule has 1 rings (SSSR count). The maximum absolute atomic E-state index is 9.26. The second-order valence-corrected chi connectivity index (χ2v) is 4.73. The number of nitrogens with one attached hydrogen (secondary N) is 1. The third kappa shape index (κ3) is 4.37. The summed E-state index contributed by atoms with van der Waals surface area (Å²) < 4.78 is 5.21. The summed E-state index contributed by atoms with van der Waals surface area (Å²) in [6.45, 7) is 1.76. The van der Waals surface area contributed by atoms with Crippen LogP contribution in [0, 0.1) is 5.92 Å². The van der Waals surface area contributed by atoms with Crippen molar-refractivity contribution in [1.82, 2.24) is 5.32 Å². The van der Waals surface area contributed by atoms with Crippen molar-refractivity contribution in [3.8, 4) is 0 Å². The number of hydrogen-bond donors (Lipinski definition) is 3. The first-order chi connectivity index (χ1) is 7.81. The highest BCUT2D eigenvalue weighted by Crippen LogP contribution is 2.25. The zero-order valence-corrected chi connectivity index (χ0v) is 10.3. The molecule has 0 amide bonds. The van der Waals surface area contributed by atoms with Crippen LogP contribution in [-0.4, -0.2) is 44.1 Å². The summed E-state index contributed by atoms with van der Waals surface area (Å²) in [6, 6.07) is 0.841. The highest BCUT2D eigenvalue weighted by molar-refractivity contribution is 4.85. The van der Waals surface area contributed by atoms with Gasteiger partial charge < -0.3 is 20.9 Å². The van der Waals surface area contributed by atoms with Crippen LogP contribution in [0.1, 0.15) is 32.1 Å². The van der Waals surface area contributed by atoms with Gasteiger partial charge in [0.2, 0.25) is 0 Å². The Hall–Kier alpha value is -0.160. The Bertz CT molecular complexity index is 178. The quantitative estimate of drug-likeness (QED) is 0.568. The Labute approximate surface area is 98.5 Å². The lowest BCUT2D eigenvalue weighted by Crippen LogP contribution is -2.43. The molecule has 0 heterocycles. The fourth-order valence-corrected chi connectivity index (χ4v) is 2.56. The molecule has 0 aromatic rings. The van der Waals surface area contributed by atoms with Gasteiger partial charge in [-0.05, 0) is 38.1 Å². The molecule has 1 aliphatic rings. The molecule has 0 aromatic carbocycles. The molecule has 16 heavy (non-hydrogen) atoms. The monoisotopic (exact) mass is 230 g/mol. The maximum atomic E-state index is 9.26. The van der Waals surface area contributed by atoms with E-state index < -0.39 is 0 Å². The first-order valence-corrected chi connectivity index (χ1v) is 6.37. The van der Waals surface area contributed by atoms with E-state index in [1.165, 1.54) is 12.8 Å². The van der Waals surface area contributed by atoms with Gasteiger partial charge in [0.25, 0.3) is 0 Å². The van der Waals surface area contributed by atoms with E-state index in [4.69, 9.17) is 10.5 Å². The highest BCUT2D eigenvalue weighted by Gasteiger charge is 2.28. The van der Waals surface area contributed by atoms with E-state index in [0.717, 1.165) is 32.4 Å². The summed E-state index contributed by atoms with van der Waals surface area (Å²) in [7, 11) is 1.73. The fourth-order valence-electron chi connectivity index (χ4n) is 2.56. The second-order valence-electron chi connectivity index (χ2n) is 4.73. The summed E-state index contributed by atoms with van der Waals surface area (Å²) in [5.41, 5.74) is 5.53. The van der Waals surface area contributed by atoms with E-state index >= 15 is 0 Å². The molecule has 3 atom stereocenters. The van der Waals surface area contributed by atoms with Gasteiger partial charge in [-0.3, -0.25) is 0 Å². The largest absolute Gasteiger partial charge is 0.396 e. The van der Waals surface area contributed by atoms with Gasteiger partial charge in [-0.15, -0.1) is 0 Å². The van der Waals surface area contributed by atoms with Gasteiger partial charge in [-0.2, -0.15) is 0 Å². The van der Waals surface area contributed by atoms with Gasteiger partial charge >= 0.3 is 0 Å². The molecule has 0 saturated heterocycles. The Morgan fingerprint density at radius 1 is 1.50 bits per heavy atom. The molecule has 0 aromatic heterocycles. The second kappa shape index (κ2) is 8.01. The molecule has 0 aliphatic heterocycles. The van der Waals surface area contributed by atoms with E-state index in [2.05, 4.69) is 5.32 Å². The Morgan fingerprint density at radius 2 is 2.31 bits per heavy atom. The zero-order chi connectivity index (χ0) is 11.8. The lowest BCUT2D eigenvalue weighted by atomic mass is 10.0. The smallest absolute Gasteiger partial charge is 0.0615 e. The average molecular weight is 230 g/mol. The fraction of sp³-hybridized carbons (Fsp3) is 1.00. The van der Waals surface area contributed by atoms with E-state index in [1.54, 1.807) is 7.11 Å². The molecule has 4 nitrogen and oxygen atoms in total. The minimum atomic E-state index is 0.300. The van der Waals surface area contributed by atoms with Crippen LogP contribution < -0.4 is 11.1 Å². The summed E-state index contributed by atoms with van der Waals surface area (Å²) >= 11 is 0. The first-order valence-electron chi connectivity index (χ1n) is 6.37. The summed E-state index contributed by atoms with van der Waals surface area (Å²) in [5, 5.41) is 12.9. The molecule has 1 aliphatic carbocycles. The number of nitrogens with two attached hydrogens (primary N) is 1. The van der Waals surface area contributed by atoms with Crippen molar-refractivity contribution in [3.63, 3.8) is 0 Å². The number of aliphatic hydroxyl groups excluding tert-OH is 1. The molecule has 0 bridgehead atoms. The highest BCUT2D eigenvalue weighted by atomic mass is 16.5. The molecule has 1 fully saturated rings. The van der Waals surface area contributed by atoms with E-state index in [1.807, 2.05) is 0 Å². The van der Waals surface area contributed by atoms with Crippen LogP contribution in [0.4, 0.5) is 0 Å². The van der Waals surface area contributed by atoms with Crippen LogP contribution in [0.5, 0.6) is 0 Å². The van der Waals surface area contributed by atoms with Gasteiger partial charge in [-0.25, -0.2) is 0 Å². The standard InChI is InChI=1S/C12H26N2O2/c1-16-9-11(5-3-7-13)14-12-6-2-4-10(12)8-15/h10-12,14-15H,2-9,13H2,1H3. The Morgan fingerprint density at radius 3 is 2.94 bits per heavy atom. The predicted octanol–water partition coefficient (Wildman–Crippen LogP) is 0.491. The van der Waals surface area contributed by atoms with Crippen LogP contribution in [-0.2, 0) is 4.74 Å². The maximum Gasteiger partial charge on any atom is 0.0615 e. The first kappa shape index (κ1) is 13.9. The normalized spacial score (nSPS) is 27.2. The average Bonchev–Trinajstić information content (AvgIpc) is 2.73. The van der Waals surface area contributed by atoms with E-state index in [0.29, 0.717) is 24.6 Å². The van der Waals surface area contributed by atoms with Crippen molar-refractivity contribution < 1.29 is 9.84 Å². The summed E-state index contributed by atoms with van der Waals surface area (Å²) in [6.07, 6.45) is 5.62. The number of rotatable bonds is 8. The van der Waals surface area contributed by atoms with Crippen LogP contribution >= 0.6 is 0 Å². The van der Waals surface area contributed by atoms with Gasteiger partial charge in [-0.1, -0.05) is 6.42 Å². The molecule has 3 unspecified atom stereocenters. The van der Waals surface area contributed by atoms with Crippen molar-refractivity contribution in [3.05, 3.63) is 0 Å². The van der Waals surface area contributed by atoms with E-state index in [9.17, 15) is 5.11 Å². The predicted molar refractivity (Wildman–Crippen MR) is 65.3 cm³/mol. The lowest BCUT2D eigenvalue weighted by molar-refractivity contribution is 0.141. The van der Waals surface area contributed by atoms with Crippen LogP contribution in [0.25, 0.3) is 0 Å². The number of ether oxygens (including phenoxy) is 1. The summed E-state index contributed by atoms with van der Waals surface area (Å²) in [4.78, 5) is 0. The topological polar surface area (TPSA) is 67.5 Å². The minimum absolute atomic E-state index is 0.300. The zero-order valence-electron chi connectivity index (χ0n) is 10.3. The number of methoxy groups -OCH3 is 1. The van der Waals surface area contributed by atoms with Crippen molar-refractivity contribution in [2.75, 3.05) is 26.9 Å². The van der Waals surface area contributed by atoms with Gasteiger partial charge in [0.15, 0.2) is 0 Å². The van der Waals surface area contributed by atoms with Crippen molar-refractivity contribution in [1.29, 1.82) is 0 Å². The lowest BCUT2D eigenvalue weighted by Gasteiger charge is -2.26. The van der Waals surface area contributed by atoms with E-state index in [-0.39, 0.29) is 0 Å². The third-order valence-electron chi connectivity index (χ3n) is 3.47. The van der Waals surface area contributed by atoms with Crippen LogP contribution in [0.15, 0.2) is 0 Å². The Balaban J connectivity index is 2.34. The van der Waals surface area contributed by atoms with Gasteiger partial charge in [0.1, 0.15) is 0 Å². The van der Waals surface area contributed by atoms with Crippen molar-refractivity contribution in [2.45, 2.75) is 44.2 Å². The minimum Gasteiger partial charge on any atom is -0.396 e. The molecular formula is C12H26N2O2.